The van der Waals surface area contributed by atoms with E-state index in [0.717, 1.165) is 55.6 Å². The Balaban J connectivity index is 1.72. The molecule has 0 radical (unpaired) electrons. The summed E-state index contributed by atoms with van der Waals surface area (Å²) in [6, 6.07) is 0. The SMILES string of the molecule is CNc1nc(N2CCN(C=O)CC2)nc2sc3c(c12)CCCCC3. The fourth-order valence-corrected chi connectivity index (χ4v) is 4.93. The van der Waals surface area contributed by atoms with Crippen LogP contribution in [0.3, 0.4) is 0 Å². The molecule has 1 aliphatic carbocycles. The number of nitrogens with zero attached hydrogens (tertiary/aromatic N) is 4. The van der Waals surface area contributed by atoms with Gasteiger partial charge in [-0.1, -0.05) is 6.42 Å². The van der Waals surface area contributed by atoms with Gasteiger partial charge < -0.3 is 15.1 Å². The van der Waals surface area contributed by atoms with Crippen LogP contribution in [0.2, 0.25) is 0 Å². The average molecular weight is 345 g/mol. The quantitative estimate of drug-likeness (QED) is 0.683. The average Bonchev–Trinajstić information content (AvgIpc) is 2.82. The third-order valence-electron chi connectivity index (χ3n) is 5.04. The minimum absolute atomic E-state index is 0.737. The van der Waals surface area contributed by atoms with Crippen molar-refractivity contribution in [2.45, 2.75) is 32.1 Å². The van der Waals surface area contributed by atoms with E-state index in [4.69, 9.17) is 9.97 Å². The minimum Gasteiger partial charge on any atom is -0.372 e. The first-order valence-electron chi connectivity index (χ1n) is 8.74. The highest BCUT2D eigenvalue weighted by atomic mass is 32.1. The molecular weight excluding hydrogens is 322 g/mol. The maximum atomic E-state index is 10.9. The first-order chi connectivity index (χ1) is 11.8. The number of thiophene rings is 1. The Morgan fingerprint density at radius 2 is 1.88 bits per heavy atom. The molecule has 3 heterocycles. The molecular formula is C17H23N5OS. The molecule has 0 atom stereocenters. The number of hydrogen-bond donors (Lipinski definition) is 1. The number of amides is 1. The predicted molar refractivity (Wildman–Crippen MR) is 98.1 cm³/mol. The summed E-state index contributed by atoms with van der Waals surface area (Å²) in [4.78, 5) is 27.2. The zero-order valence-corrected chi connectivity index (χ0v) is 14.9. The second kappa shape index (κ2) is 6.55. The van der Waals surface area contributed by atoms with Gasteiger partial charge in [-0.2, -0.15) is 4.98 Å². The van der Waals surface area contributed by atoms with Crippen molar-refractivity contribution in [3.63, 3.8) is 0 Å². The molecule has 1 saturated heterocycles. The fraction of sp³-hybridized carbons (Fsp3) is 0.588. The van der Waals surface area contributed by atoms with E-state index in [1.165, 1.54) is 41.5 Å². The highest BCUT2D eigenvalue weighted by Crippen LogP contribution is 2.38. The van der Waals surface area contributed by atoms with E-state index in [-0.39, 0.29) is 0 Å². The van der Waals surface area contributed by atoms with Gasteiger partial charge in [0.2, 0.25) is 12.4 Å². The molecule has 6 nitrogen and oxygen atoms in total. The van der Waals surface area contributed by atoms with Crippen LogP contribution in [0.15, 0.2) is 0 Å². The predicted octanol–water partition coefficient (Wildman–Crippen LogP) is 2.28. The number of aryl methyl sites for hydroxylation is 2. The number of anilines is 2. The van der Waals surface area contributed by atoms with Crippen LogP contribution in [0.25, 0.3) is 10.2 Å². The van der Waals surface area contributed by atoms with E-state index in [0.29, 0.717) is 0 Å². The van der Waals surface area contributed by atoms with Gasteiger partial charge >= 0.3 is 0 Å². The van der Waals surface area contributed by atoms with Crippen LogP contribution in [0.1, 0.15) is 29.7 Å². The molecule has 24 heavy (non-hydrogen) atoms. The summed E-state index contributed by atoms with van der Waals surface area (Å²) in [5, 5.41) is 4.52. The van der Waals surface area contributed by atoms with Crippen molar-refractivity contribution in [3.8, 4) is 0 Å². The first kappa shape index (κ1) is 15.6. The molecule has 0 unspecified atom stereocenters. The Bertz CT molecular complexity index is 751. The summed E-state index contributed by atoms with van der Waals surface area (Å²) < 4.78 is 0. The second-order valence-electron chi connectivity index (χ2n) is 6.50. The van der Waals surface area contributed by atoms with Crippen molar-refractivity contribution in [2.24, 2.45) is 0 Å². The molecule has 2 aromatic heterocycles. The van der Waals surface area contributed by atoms with Crippen molar-refractivity contribution in [2.75, 3.05) is 43.4 Å². The van der Waals surface area contributed by atoms with Crippen LogP contribution in [0, 0.1) is 0 Å². The number of nitrogens with one attached hydrogen (secondary N) is 1. The zero-order chi connectivity index (χ0) is 16.5. The van der Waals surface area contributed by atoms with Gasteiger partial charge in [-0.15, -0.1) is 11.3 Å². The molecule has 128 valence electrons. The highest BCUT2D eigenvalue weighted by molar-refractivity contribution is 7.19. The van der Waals surface area contributed by atoms with Gasteiger partial charge in [0.05, 0.1) is 5.39 Å². The fourth-order valence-electron chi connectivity index (χ4n) is 3.67. The maximum Gasteiger partial charge on any atom is 0.228 e. The van der Waals surface area contributed by atoms with Crippen LogP contribution in [-0.4, -0.2) is 54.5 Å². The molecule has 1 N–H and O–H groups in total. The lowest BCUT2D eigenvalue weighted by molar-refractivity contribution is -0.118. The summed E-state index contributed by atoms with van der Waals surface area (Å²) in [7, 11) is 1.94. The molecule has 1 amide bonds. The van der Waals surface area contributed by atoms with Crippen molar-refractivity contribution in [1.82, 2.24) is 14.9 Å². The monoisotopic (exact) mass is 345 g/mol. The first-order valence-corrected chi connectivity index (χ1v) is 9.56. The van der Waals surface area contributed by atoms with Crippen LogP contribution in [-0.2, 0) is 17.6 Å². The van der Waals surface area contributed by atoms with Crippen molar-refractivity contribution in [3.05, 3.63) is 10.4 Å². The topological polar surface area (TPSA) is 61.4 Å². The lowest BCUT2D eigenvalue weighted by Gasteiger charge is -2.32. The van der Waals surface area contributed by atoms with Crippen LogP contribution >= 0.6 is 11.3 Å². The molecule has 0 spiro atoms. The Labute approximate surface area is 145 Å². The van der Waals surface area contributed by atoms with Gasteiger partial charge in [0.1, 0.15) is 10.6 Å². The van der Waals surface area contributed by atoms with Crippen molar-refractivity contribution in [1.29, 1.82) is 0 Å². The zero-order valence-electron chi connectivity index (χ0n) is 14.0. The smallest absolute Gasteiger partial charge is 0.228 e. The summed E-state index contributed by atoms with van der Waals surface area (Å²) >= 11 is 1.84. The molecule has 4 rings (SSSR count). The van der Waals surface area contributed by atoms with E-state index in [1.54, 1.807) is 4.90 Å². The minimum atomic E-state index is 0.737. The largest absolute Gasteiger partial charge is 0.372 e. The number of aromatic nitrogens is 2. The molecule has 0 saturated carbocycles. The van der Waals surface area contributed by atoms with Crippen LogP contribution in [0.5, 0.6) is 0 Å². The number of carbonyl (C=O) groups is 1. The number of hydrogen-bond acceptors (Lipinski definition) is 6. The highest BCUT2D eigenvalue weighted by Gasteiger charge is 2.23. The van der Waals surface area contributed by atoms with Gasteiger partial charge in [0.25, 0.3) is 0 Å². The Hall–Kier alpha value is -1.89. The molecule has 0 aromatic carbocycles. The van der Waals surface area contributed by atoms with E-state index in [9.17, 15) is 4.79 Å². The summed E-state index contributed by atoms with van der Waals surface area (Å²) in [5.41, 5.74) is 1.47. The Morgan fingerprint density at radius 3 is 2.62 bits per heavy atom. The van der Waals surface area contributed by atoms with Gasteiger partial charge in [-0.05, 0) is 31.2 Å². The summed E-state index contributed by atoms with van der Waals surface area (Å²) in [5.74, 6) is 1.74. The molecule has 1 aliphatic heterocycles. The third kappa shape index (κ3) is 2.70. The molecule has 2 aliphatic rings. The van der Waals surface area contributed by atoms with Gasteiger partial charge in [-0.25, -0.2) is 4.98 Å². The molecule has 2 aromatic rings. The lowest BCUT2D eigenvalue weighted by atomic mass is 10.1. The van der Waals surface area contributed by atoms with Crippen LogP contribution in [0.4, 0.5) is 11.8 Å². The molecule has 0 bridgehead atoms. The Morgan fingerprint density at radius 1 is 1.08 bits per heavy atom. The molecule has 7 heteroatoms. The van der Waals surface area contributed by atoms with E-state index < -0.39 is 0 Å². The van der Waals surface area contributed by atoms with Gasteiger partial charge in [0.15, 0.2) is 0 Å². The summed E-state index contributed by atoms with van der Waals surface area (Å²) in [6.07, 6.45) is 7.10. The Kier molecular flexibility index (Phi) is 4.26. The van der Waals surface area contributed by atoms with Crippen LogP contribution < -0.4 is 10.2 Å². The van der Waals surface area contributed by atoms with E-state index >= 15 is 0 Å². The van der Waals surface area contributed by atoms with Gasteiger partial charge in [-0.3, -0.25) is 4.79 Å². The van der Waals surface area contributed by atoms with Crippen molar-refractivity contribution < 1.29 is 4.79 Å². The number of carbonyl (C=O) groups excluding carboxylic acids is 1. The number of piperazine rings is 1. The van der Waals surface area contributed by atoms with E-state index in [2.05, 4.69) is 10.2 Å². The number of fused-ring (bicyclic) bond motifs is 3. The normalized spacial score (nSPS) is 18.4. The maximum absolute atomic E-state index is 10.9. The second-order valence-corrected chi connectivity index (χ2v) is 7.58. The van der Waals surface area contributed by atoms with Gasteiger partial charge in [0, 0.05) is 38.1 Å². The third-order valence-corrected chi connectivity index (χ3v) is 6.22. The lowest BCUT2D eigenvalue weighted by Crippen LogP contribution is -2.46. The molecule has 1 fully saturated rings. The van der Waals surface area contributed by atoms with E-state index in [1.807, 2.05) is 18.4 Å². The number of rotatable bonds is 3. The summed E-state index contributed by atoms with van der Waals surface area (Å²) in [6.45, 7) is 3.05. The standard InChI is InChI=1S/C17H23N5OS/c1-18-15-14-12-5-3-2-4-6-13(12)24-16(14)20-17(19-15)22-9-7-21(11-23)8-10-22/h11H,2-10H2,1H3,(H,18,19,20). The van der Waals surface area contributed by atoms with Crippen molar-refractivity contribution >= 4 is 39.7 Å².